The van der Waals surface area contributed by atoms with Gasteiger partial charge in [-0.15, -0.1) is 0 Å². The van der Waals surface area contributed by atoms with Crippen molar-refractivity contribution in [1.29, 1.82) is 0 Å². The summed E-state index contributed by atoms with van der Waals surface area (Å²) in [6.45, 7) is 6.84. The maximum absolute atomic E-state index is 3.83. The first-order chi connectivity index (χ1) is 7.83. The second-order valence-electron chi connectivity index (χ2n) is 3.88. The Kier molecular flexibility index (Phi) is 3.35. The maximum Gasteiger partial charge on any atom is 0.347 e. The molecule has 0 amide bonds. The Morgan fingerprint density at radius 2 is 2.18 bits per heavy atom. The molecule has 2 aromatic heterocycles. The van der Waals surface area contributed by atoms with Gasteiger partial charge in [0, 0.05) is 5.38 Å². The zero-order valence-corrected chi connectivity index (χ0v) is 12.0. The van der Waals surface area contributed by atoms with E-state index in [0.29, 0.717) is 0 Å². The molecule has 0 bridgehead atoms. The van der Waals surface area contributed by atoms with Gasteiger partial charge in [0.15, 0.2) is 11.0 Å². The minimum atomic E-state index is 0. The molecule has 0 atom stereocenters. The van der Waals surface area contributed by atoms with Crippen molar-refractivity contribution < 1.29 is 21.5 Å². The SMILES string of the molecule is C=CC[n+]1c2ccccc2n2c(C)csc21.[Br-]. The van der Waals surface area contributed by atoms with E-state index >= 15 is 0 Å². The van der Waals surface area contributed by atoms with Gasteiger partial charge in [0.2, 0.25) is 0 Å². The highest BCUT2D eigenvalue weighted by molar-refractivity contribution is 7.14. The van der Waals surface area contributed by atoms with Gasteiger partial charge in [-0.2, -0.15) is 4.40 Å². The molecular weight excluding hydrogens is 296 g/mol. The molecular formula is C13H13BrN2S. The Morgan fingerprint density at radius 3 is 2.94 bits per heavy atom. The molecule has 0 radical (unpaired) electrons. The van der Waals surface area contributed by atoms with Crippen molar-refractivity contribution in [2.75, 3.05) is 0 Å². The Hall–Kier alpha value is -1.13. The summed E-state index contributed by atoms with van der Waals surface area (Å²) in [5.74, 6) is 0. The molecule has 0 aliphatic carbocycles. The highest BCUT2D eigenvalue weighted by Gasteiger charge is 2.20. The van der Waals surface area contributed by atoms with Crippen molar-refractivity contribution in [1.82, 2.24) is 4.40 Å². The molecule has 88 valence electrons. The number of hydrogen-bond donors (Lipinski definition) is 0. The van der Waals surface area contributed by atoms with E-state index in [1.54, 1.807) is 11.3 Å². The minimum Gasteiger partial charge on any atom is -1.00 e. The van der Waals surface area contributed by atoms with Crippen LogP contribution >= 0.6 is 11.3 Å². The fraction of sp³-hybridized carbons (Fsp3) is 0.154. The average Bonchev–Trinajstić information content (AvgIpc) is 2.81. The molecule has 2 nitrogen and oxygen atoms in total. The highest BCUT2D eigenvalue weighted by Crippen LogP contribution is 2.21. The van der Waals surface area contributed by atoms with Gasteiger partial charge in [-0.05, 0) is 19.1 Å². The number of aromatic nitrogens is 2. The molecule has 3 rings (SSSR count). The van der Waals surface area contributed by atoms with E-state index in [1.807, 2.05) is 6.08 Å². The summed E-state index contributed by atoms with van der Waals surface area (Å²) in [5.41, 5.74) is 3.84. The number of para-hydroxylation sites is 2. The Morgan fingerprint density at radius 1 is 1.41 bits per heavy atom. The van der Waals surface area contributed by atoms with Gasteiger partial charge in [-0.1, -0.05) is 36.1 Å². The number of rotatable bonds is 2. The van der Waals surface area contributed by atoms with Crippen LogP contribution in [0.15, 0.2) is 42.3 Å². The van der Waals surface area contributed by atoms with Crippen LogP contribution in [0.3, 0.4) is 0 Å². The zero-order valence-electron chi connectivity index (χ0n) is 9.56. The molecule has 0 N–H and O–H groups in total. The number of allylic oxidation sites excluding steroid dienone is 1. The molecule has 17 heavy (non-hydrogen) atoms. The zero-order chi connectivity index (χ0) is 11.1. The average molecular weight is 309 g/mol. The van der Waals surface area contributed by atoms with E-state index in [2.05, 4.69) is 52.1 Å². The monoisotopic (exact) mass is 308 g/mol. The third kappa shape index (κ3) is 1.72. The number of halogens is 1. The van der Waals surface area contributed by atoms with Crippen LogP contribution < -0.4 is 21.5 Å². The summed E-state index contributed by atoms with van der Waals surface area (Å²) >= 11 is 1.78. The molecule has 0 spiro atoms. The number of imidazole rings is 1. The Bertz CT molecular complexity index is 681. The predicted molar refractivity (Wildman–Crippen MR) is 67.9 cm³/mol. The van der Waals surface area contributed by atoms with E-state index in [1.165, 1.54) is 21.7 Å². The molecule has 0 aliphatic heterocycles. The van der Waals surface area contributed by atoms with Gasteiger partial charge in [0.05, 0.1) is 0 Å². The molecule has 1 aromatic carbocycles. The van der Waals surface area contributed by atoms with Crippen molar-refractivity contribution >= 4 is 27.3 Å². The number of fused-ring (bicyclic) bond motifs is 3. The smallest absolute Gasteiger partial charge is 0.347 e. The van der Waals surface area contributed by atoms with E-state index in [4.69, 9.17) is 0 Å². The second-order valence-corrected chi connectivity index (χ2v) is 4.72. The normalized spacial score (nSPS) is 10.6. The van der Waals surface area contributed by atoms with Crippen molar-refractivity contribution in [2.45, 2.75) is 13.5 Å². The highest BCUT2D eigenvalue weighted by atomic mass is 79.9. The lowest BCUT2D eigenvalue weighted by atomic mass is 10.3. The lowest BCUT2D eigenvalue weighted by Gasteiger charge is -1.90. The van der Waals surface area contributed by atoms with Crippen LogP contribution in [-0.2, 0) is 6.54 Å². The van der Waals surface area contributed by atoms with Crippen LogP contribution in [0.25, 0.3) is 16.0 Å². The lowest BCUT2D eigenvalue weighted by Crippen LogP contribution is -3.00. The van der Waals surface area contributed by atoms with Crippen molar-refractivity contribution in [3.63, 3.8) is 0 Å². The van der Waals surface area contributed by atoms with Crippen LogP contribution in [0.5, 0.6) is 0 Å². The Labute approximate surface area is 115 Å². The van der Waals surface area contributed by atoms with Gasteiger partial charge >= 0.3 is 4.96 Å². The molecule has 4 heteroatoms. The number of nitrogens with zero attached hydrogens (tertiary/aromatic N) is 2. The van der Waals surface area contributed by atoms with Crippen LogP contribution in [0.2, 0.25) is 0 Å². The molecule has 0 unspecified atom stereocenters. The predicted octanol–water partition coefficient (Wildman–Crippen LogP) is -0.0601. The van der Waals surface area contributed by atoms with Crippen molar-refractivity contribution in [2.24, 2.45) is 0 Å². The second kappa shape index (κ2) is 4.63. The van der Waals surface area contributed by atoms with Gasteiger partial charge in [-0.3, -0.25) is 0 Å². The fourth-order valence-corrected chi connectivity index (χ4v) is 3.19. The van der Waals surface area contributed by atoms with Crippen LogP contribution in [0, 0.1) is 6.92 Å². The molecule has 0 saturated heterocycles. The molecule has 0 fully saturated rings. The number of thiazole rings is 1. The number of aryl methyl sites for hydroxylation is 1. The molecule has 0 aliphatic rings. The summed E-state index contributed by atoms with van der Waals surface area (Å²) in [6.07, 6.45) is 1.95. The summed E-state index contributed by atoms with van der Waals surface area (Å²) in [6, 6.07) is 8.51. The fourth-order valence-electron chi connectivity index (χ4n) is 2.16. The van der Waals surface area contributed by atoms with E-state index in [9.17, 15) is 0 Å². The topological polar surface area (TPSA) is 8.29 Å². The van der Waals surface area contributed by atoms with Crippen LogP contribution in [0.1, 0.15) is 5.69 Å². The van der Waals surface area contributed by atoms with Gasteiger partial charge < -0.3 is 17.0 Å². The molecule has 0 saturated carbocycles. The van der Waals surface area contributed by atoms with Crippen molar-refractivity contribution in [3.8, 4) is 0 Å². The molecule has 2 heterocycles. The number of hydrogen-bond acceptors (Lipinski definition) is 1. The quantitative estimate of drug-likeness (QED) is 0.463. The van der Waals surface area contributed by atoms with Gasteiger partial charge in [0.25, 0.3) is 0 Å². The standard InChI is InChI=1S/C13H13N2S.BrH/c1-3-8-14-11-6-4-5-7-12(11)15-10(2)9-16-13(14)15;/h3-7,9H,1,8H2,2H3;1H/q+1;/p-1. The first kappa shape index (κ1) is 12.3. The van der Waals surface area contributed by atoms with Gasteiger partial charge in [0.1, 0.15) is 12.2 Å². The van der Waals surface area contributed by atoms with E-state index in [-0.39, 0.29) is 17.0 Å². The first-order valence-corrected chi connectivity index (χ1v) is 6.19. The molecule has 3 aromatic rings. The summed E-state index contributed by atoms with van der Waals surface area (Å²) in [4.78, 5) is 1.28. The Balaban J connectivity index is 0.00000108. The van der Waals surface area contributed by atoms with Crippen LogP contribution in [0.4, 0.5) is 0 Å². The first-order valence-electron chi connectivity index (χ1n) is 5.31. The maximum atomic E-state index is 3.83. The third-order valence-electron chi connectivity index (χ3n) is 2.83. The van der Waals surface area contributed by atoms with Crippen LogP contribution in [-0.4, -0.2) is 4.40 Å². The van der Waals surface area contributed by atoms with E-state index < -0.39 is 0 Å². The summed E-state index contributed by atoms with van der Waals surface area (Å²) in [7, 11) is 0. The third-order valence-corrected chi connectivity index (χ3v) is 3.91. The van der Waals surface area contributed by atoms with E-state index in [0.717, 1.165) is 6.54 Å². The largest absolute Gasteiger partial charge is 1.00 e. The minimum absolute atomic E-state index is 0. The van der Waals surface area contributed by atoms with Crippen molar-refractivity contribution in [3.05, 3.63) is 48.0 Å². The number of benzene rings is 1. The summed E-state index contributed by atoms with van der Waals surface area (Å²) in [5, 5.41) is 2.20. The lowest BCUT2D eigenvalue weighted by molar-refractivity contribution is -0.632. The summed E-state index contributed by atoms with van der Waals surface area (Å²) < 4.78 is 4.61. The van der Waals surface area contributed by atoms with Gasteiger partial charge in [-0.25, -0.2) is 4.57 Å².